The summed E-state index contributed by atoms with van der Waals surface area (Å²) in [5.74, 6) is 0.400. The third-order valence-corrected chi connectivity index (χ3v) is 4.09. The van der Waals surface area contributed by atoms with E-state index in [2.05, 4.69) is 43.3 Å². The van der Waals surface area contributed by atoms with E-state index in [0.29, 0.717) is 5.92 Å². The van der Waals surface area contributed by atoms with E-state index in [9.17, 15) is 0 Å². The summed E-state index contributed by atoms with van der Waals surface area (Å²) in [4.78, 5) is 0. The first-order valence-electron chi connectivity index (χ1n) is 6.12. The molecule has 0 aliphatic heterocycles. The van der Waals surface area contributed by atoms with Crippen molar-refractivity contribution in [3.63, 3.8) is 0 Å². The molecule has 1 aliphatic carbocycles. The Morgan fingerprint density at radius 1 is 0.941 bits per heavy atom. The fraction of sp³-hybridized carbons (Fsp3) is 0.250. The average Bonchev–Trinajstić information content (AvgIpc) is 2.49. The summed E-state index contributed by atoms with van der Waals surface area (Å²) in [7, 11) is 0. The van der Waals surface area contributed by atoms with Crippen LogP contribution in [-0.4, -0.2) is 0 Å². The van der Waals surface area contributed by atoms with Crippen LogP contribution in [0.1, 0.15) is 35.1 Å². The molecule has 1 unspecified atom stereocenters. The molecule has 0 spiro atoms. The predicted molar refractivity (Wildman–Crippen MR) is 72.8 cm³/mol. The van der Waals surface area contributed by atoms with Crippen LogP contribution in [0.25, 0.3) is 0 Å². The number of aryl methyl sites for hydroxylation is 2. The minimum Gasteiger partial charge on any atom is -0.0840 e. The lowest BCUT2D eigenvalue weighted by Crippen LogP contribution is -1.99. The van der Waals surface area contributed by atoms with Gasteiger partial charge in [-0.25, -0.2) is 0 Å². The van der Waals surface area contributed by atoms with E-state index in [1.165, 1.54) is 22.3 Å². The molecule has 0 fully saturated rings. The molecule has 0 saturated heterocycles. The van der Waals surface area contributed by atoms with Crippen LogP contribution in [0.2, 0.25) is 5.02 Å². The maximum atomic E-state index is 6.38. The number of hydrogen-bond acceptors (Lipinski definition) is 0. The zero-order chi connectivity index (χ0) is 11.8. The van der Waals surface area contributed by atoms with Crippen molar-refractivity contribution in [2.24, 2.45) is 0 Å². The second-order valence-electron chi connectivity index (χ2n) is 4.73. The van der Waals surface area contributed by atoms with Crippen LogP contribution < -0.4 is 0 Å². The highest BCUT2D eigenvalue weighted by molar-refractivity contribution is 6.31. The Bertz CT molecular complexity index is 557. The highest BCUT2D eigenvalue weighted by Gasteiger charge is 2.21. The van der Waals surface area contributed by atoms with Gasteiger partial charge in [-0.15, -0.1) is 0 Å². The summed E-state index contributed by atoms with van der Waals surface area (Å²) in [6, 6.07) is 15.0. The maximum Gasteiger partial charge on any atom is 0.0446 e. The number of hydrogen-bond donors (Lipinski definition) is 0. The molecule has 0 N–H and O–H groups in total. The third kappa shape index (κ3) is 1.77. The van der Waals surface area contributed by atoms with Gasteiger partial charge in [0.15, 0.2) is 0 Å². The minimum absolute atomic E-state index is 0.400. The monoisotopic (exact) mass is 242 g/mol. The third-order valence-electron chi connectivity index (χ3n) is 3.76. The highest BCUT2D eigenvalue weighted by atomic mass is 35.5. The molecule has 0 bridgehead atoms. The lowest BCUT2D eigenvalue weighted by atomic mass is 9.90. The number of rotatable bonds is 0. The molecular formula is C16H15Cl. The molecule has 1 heteroatoms. The van der Waals surface area contributed by atoms with Gasteiger partial charge in [0.25, 0.3) is 0 Å². The Morgan fingerprint density at radius 2 is 1.65 bits per heavy atom. The Labute approximate surface area is 107 Å². The quantitative estimate of drug-likeness (QED) is 0.634. The van der Waals surface area contributed by atoms with Gasteiger partial charge in [-0.2, -0.15) is 0 Å². The van der Waals surface area contributed by atoms with Gasteiger partial charge in [0, 0.05) is 10.9 Å². The first-order chi connectivity index (χ1) is 8.27. The number of benzene rings is 2. The zero-order valence-electron chi connectivity index (χ0n) is 9.91. The summed E-state index contributed by atoms with van der Waals surface area (Å²) in [6.45, 7) is 2.26. The van der Waals surface area contributed by atoms with E-state index >= 15 is 0 Å². The second-order valence-corrected chi connectivity index (χ2v) is 5.14. The standard InChI is InChI=1S/C16H15Cl/c1-11-14-7-3-2-5-12(14)9-10-13-6-4-8-15(17)16(11)13/h2-8,11H,9-10H2,1H3. The molecule has 0 nitrogen and oxygen atoms in total. The van der Waals surface area contributed by atoms with Gasteiger partial charge in [0.1, 0.15) is 0 Å². The molecule has 0 aromatic heterocycles. The molecule has 1 atom stereocenters. The second kappa shape index (κ2) is 4.19. The summed E-state index contributed by atoms with van der Waals surface area (Å²) in [6.07, 6.45) is 2.21. The van der Waals surface area contributed by atoms with Crippen molar-refractivity contribution < 1.29 is 0 Å². The van der Waals surface area contributed by atoms with Crippen LogP contribution in [0.5, 0.6) is 0 Å². The molecular weight excluding hydrogens is 228 g/mol. The molecule has 2 aromatic rings. The van der Waals surface area contributed by atoms with E-state index in [4.69, 9.17) is 11.6 Å². The minimum atomic E-state index is 0.400. The normalized spacial score (nSPS) is 18.1. The van der Waals surface area contributed by atoms with Crippen LogP contribution in [0.4, 0.5) is 0 Å². The Hall–Kier alpha value is -1.27. The topological polar surface area (TPSA) is 0 Å². The molecule has 0 amide bonds. The van der Waals surface area contributed by atoms with Crippen molar-refractivity contribution >= 4 is 11.6 Å². The Balaban J connectivity index is 2.22. The van der Waals surface area contributed by atoms with Crippen LogP contribution in [0.15, 0.2) is 42.5 Å². The van der Waals surface area contributed by atoms with E-state index in [1.54, 1.807) is 0 Å². The SMILES string of the molecule is CC1c2ccccc2CCc2cccc(Cl)c21. The van der Waals surface area contributed by atoms with Crippen molar-refractivity contribution in [3.8, 4) is 0 Å². The van der Waals surface area contributed by atoms with Crippen molar-refractivity contribution in [1.29, 1.82) is 0 Å². The van der Waals surface area contributed by atoms with Gasteiger partial charge < -0.3 is 0 Å². The van der Waals surface area contributed by atoms with Crippen molar-refractivity contribution in [1.82, 2.24) is 0 Å². The van der Waals surface area contributed by atoms with Gasteiger partial charge in [-0.1, -0.05) is 54.9 Å². The largest absolute Gasteiger partial charge is 0.0840 e. The molecule has 0 saturated carbocycles. The summed E-state index contributed by atoms with van der Waals surface area (Å²) < 4.78 is 0. The molecule has 1 aliphatic rings. The van der Waals surface area contributed by atoms with Crippen LogP contribution >= 0.6 is 11.6 Å². The van der Waals surface area contributed by atoms with E-state index in [1.807, 2.05) is 6.07 Å². The first kappa shape index (κ1) is 10.9. The zero-order valence-corrected chi connectivity index (χ0v) is 10.7. The predicted octanol–water partition coefficient (Wildman–Crippen LogP) is 4.59. The van der Waals surface area contributed by atoms with Crippen LogP contribution in [0.3, 0.4) is 0 Å². The lowest BCUT2D eigenvalue weighted by Gasteiger charge is -2.16. The van der Waals surface area contributed by atoms with Gasteiger partial charge in [0.05, 0.1) is 0 Å². The van der Waals surface area contributed by atoms with Crippen molar-refractivity contribution in [2.45, 2.75) is 25.7 Å². The summed E-state index contributed by atoms with van der Waals surface area (Å²) >= 11 is 6.38. The van der Waals surface area contributed by atoms with E-state index in [-0.39, 0.29) is 0 Å². The summed E-state index contributed by atoms with van der Waals surface area (Å²) in [5.41, 5.74) is 5.62. The van der Waals surface area contributed by atoms with E-state index < -0.39 is 0 Å². The summed E-state index contributed by atoms with van der Waals surface area (Å²) in [5, 5.41) is 0.909. The fourth-order valence-electron chi connectivity index (χ4n) is 2.89. The van der Waals surface area contributed by atoms with Gasteiger partial charge in [0.2, 0.25) is 0 Å². The molecule has 86 valence electrons. The lowest BCUT2D eigenvalue weighted by molar-refractivity contribution is 0.913. The van der Waals surface area contributed by atoms with Crippen molar-refractivity contribution in [3.05, 3.63) is 69.7 Å². The van der Waals surface area contributed by atoms with Gasteiger partial charge >= 0.3 is 0 Å². The molecule has 17 heavy (non-hydrogen) atoms. The van der Waals surface area contributed by atoms with E-state index in [0.717, 1.165) is 17.9 Å². The average molecular weight is 243 g/mol. The smallest absolute Gasteiger partial charge is 0.0446 e. The highest BCUT2D eigenvalue weighted by Crippen LogP contribution is 2.37. The Morgan fingerprint density at radius 3 is 2.53 bits per heavy atom. The van der Waals surface area contributed by atoms with Gasteiger partial charge in [-0.05, 0) is 41.2 Å². The molecule has 0 radical (unpaired) electrons. The number of halogens is 1. The van der Waals surface area contributed by atoms with Crippen LogP contribution in [-0.2, 0) is 12.8 Å². The first-order valence-corrected chi connectivity index (χ1v) is 6.50. The van der Waals surface area contributed by atoms with Gasteiger partial charge in [-0.3, -0.25) is 0 Å². The maximum absolute atomic E-state index is 6.38. The molecule has 0 heterocycles. The molecule has 2 aromatic carbocycles. The fourth-order valence-corrected chi connectivity index (χ4v) is 3.25. The van der Waals surface area contributed by atoms with Crippen LogP contribution in [0, 0.1) is 0 Å². The Kier molecular flexibility index (Phi) is 2.68. The molecule has 3 rings (SSSR count). The van der Waals surface area contributed by atoms with Crippen molar-refractivity contribution in [2.75, 3.05) is 0 Å². The number of fused-ring (bicyclic) bond motifs is 2.